The van der Waals surface area contributed by atoms with E-state index in [1.54, 1.807) is 7.11 Å². The Morgan fingerprint density at radius 3 is 2.56 bits per heavy atom. The van der Waals surface area contributed by atoms with E-state index in [0.717, 1.165) is 25.4 Å². The van der Waals surface area contributed by atoms with Crippen LogP contribution in [0, 0.1) is 0 Å². The standard InChI is InChI=1S/C14H20N2O2/c1-14(2)10-15-8-9-16(14)13(17)11-4-6-12(18-3)7-5-11/h4-7,15H,8-10H2,1-3H3. The number of rotatable bonds is 2. The molecule has 0 saturated carbocycles. The van der Waals surface area contributed by atoms with Gasteiger partial charge < -0.3 is 15.0 Å². The second-order valence-corrected chi connectivity index (χ2v) is 5.17. The molecule has 1 N–H and O–H groups in total. The first kappa shape index (κ1) is 12.9. The predicted octanol–water partition coefficient (Wildman–Crippen LogP) is 1.52. The second kappa shape index (κ2) is 4.98. The molecule has 0 atom stereocenters. The number of nitrogens with one attached hydrogen (secondary N) is 1. The van der Waals surface area contributed by atoms with Gasteiger partial charge in [0.05, 0.1) is 12.6 Å². The maximum atomic E-state index is 12.5. The molecule has 0 unspecified atom stereocenters. The van der Waals surface area contributed by atoms with E-state index in [0.29, 0.717) is 5.56 Å². The van der Waals surface area contributed by atoms with Gasteiger partial charge >= 0.3 is 0 Å². The van der Waals surface area contributed by atoms with Gasteiger partial charge in [-0.25, -0.2) is 0 Å². The van der Waals surface area contributed by atoms with Crippen LogP contribution < -0.4 is 10.1 Å². The van der Waals surface area contributed by atoms with Gasteiger partial charge in [-0.05, 0) is 38.1 Å². The summed E-state index contributed by atoms with van der Waals surface area (Å²) in [6, 6.07) is 7.28. The summed E-state index contributed by atoms with van der Waals surface area (Å²) in [6.45, 7) is 6.60. The Kier molecular flexibility index (Phi) is 3.57. The van der Waals surface area contributed by atoms with E-state index >= 15 is 0 Å². The maximum Gasteiger partial charge on any atom is 0.254 e. The third-order valence-electron chi connectivity index (χ3n) is 3.38. The first-order valence-electron chi connectivity index (χ1n) is 6.21. The zero-order chi connectivity index (χ0) is 13.2. The summed E-state index contributed by atoms with van der Waals surface area (Å²) in [4.78, 5) is 14.4. The molecule has 18 heavy (non-hydrogen) atoms. The molecule has 1 aliphatic heterocycles. The average Bonchev–Trinajstić information content (AvgIpc) is 2.37. The van der Waals surface area contributed by atoms with Gasteiger partial charge in [0.25, 0.3) is 5.91 Å². The van der Waals surface area contributed by atoms with Crippen molar-refractivity contribution in [2.75, 3.05) is 26.7 Å². The SMILES string of the molecule is COc1ccc(C(=O)N2CCNCC2(C)C)cc1. The smallest absolute Gasteiger partial charge is 0.254 e. The number of ether oxygens (including phenoxy) is 1. The normalized spacial score (nSPS) is 18.5. The first-order valence-corrected chi connectivity index (χ1v) is 6.21. The molecule has 1 heterocycles. The fourth-order valence-electron chi connectivity index (χ4n) is 2.25. The van der Waals surface area contributed by atoms with Crippen LogP contribution in [0.5, 0.6) is 5.75 Å². The Hall–Kier alpha value is -1.55. The molecule has 1 aromatic carbocycles. The number of methoxy groups -OCH3 is 1. The highest BCUT2D eigenvalue weighted by Gasteiger charge is 2.33. The zero-order valence-electron chi connectivity index (χ0n) is 11.2. The second-order valence-electron chi connectivity index (χ2n) is 5.17. The molecule has 4 nitrogen and oxygen atoms in total. The lowest BCUT2D eigenvalue weighted by Gasteiger charge is -2.42. The third kappa shape index (κ3) is 2.48. The summed E-state index contributed by atoms with van der Waals surface area (Å²) < 4.78 is 5.10. The van der Waals surface area contributed by atoms with Crippen LogP contribution in [0.25, 0.3) is 0 Å². The van der Waals surface area contributed by atoms with Crippen LogP contribution in [0.2, 0.25) is 0 Å². The first-order chi connectivity index (χ1) is 8.54. The molecular weight excluding hydrogens is 228 g/mol. The number of hydrogen-bond acceptors (Lipinski definition) is 3. The third-order valence-corrected chi connectivity index (χ3v) is 3.38. The Balaban J connectivity index is 2.19. The summed E-state index contributed by atoms with van der Waals surface area (Å²) in [5.74, 6) is 0.857. The highest BCUT2D eigenvalue weighted by Crippen LogP contribution is 2.20. The number of amides is 1. The molecule has 98 valence electrons. The van der Waals surface area contributed by atoms with Crippen LogP contribution in [0.3, 0.4) is 0 Å². The van der Waals surface area contributed by atoms with Crippen molar-refractivity contribution in [2.24, 2.45) is 0 Å². The highest BCUT2D eigenvalue weighted by atomic mass is 16.5. The van der Waals surface area contributed by atoms with Crippen molar-refractivity contribution in [3.8, 4) is 5.75 Å². The van der Waals surface area contributed by atoms with E-state index in [1.165, 1.54) is 0 Å². The lowest BCUT2D eigenvalue weighted by Crippen LogP contribution is -2.59. The minimum absolute atomic E-state index is 0.0872. The molecule has 0 bridgehead atoms. The molecule has 1 saturated heterocycles. The van der Waals surface area contributed by atoms with Gasteiger partial charge in [0.15, 0.2) is 0 Å². The summed E-state index contributed by atoms with van der Waals surface area (Å²) in [5, 5.41) is 3.32. The molecule has 1 aliphatic rings. The van der Waals surface area contributed by atoms with Crippen LogP contribution in [-0.2, 0) is 0 Å². The quantitative estimate of drug-likeness (QED) is 0.862. The minimum atomic E-state index is -0.144. The molecule has 0 aliphatic carbocycles. The topological polar surface area (TPSA) is 41.6 Å². The van der Waals surface area contributed by atoms with Gasteiger partial charge in [-0.2, -0.15) is 0 Å². The maximum absolute atomic E-state index is 12.5. The van der Waals surface area contributed by atoms with Crippen molar-refractivity contribution in [1.29, 1.82) is 0 Å². The number of piperazine rings is 1. The van der Waals surface area contributed by atoms with E-state index in [1.807, 2.05) is 29.2 Å². The molecule has 1 amide bonds. The number of nitrogens with zero attached hydrogens (tertiary/aromatic N) is 1. The Morgan fingerprint density at radius 2 is 2.00 bits per heavy atom. The zero-order valence-corrected chi connectivity index (χ0v) is 11.2. The van der Waals surface area contributed by atoms with Crippen molar-refractivity contribution < 1.29 is 9.53 Å². The van der Waals surface area contributed by atoms with E-state index in [4.69, 9.17) is 4.74 Å². The van der Waals surface area contributed by atoms with Gasteiger partial charge in [-0.3, -0.25) is 4.79 Å². The number of benzene rings is 1. The molecule has 1 fully saturated rings. The Labute approximate surface area is 108 Å². The van der Waals surface area contributed by atoms with Gasteiger partial charge in [-0.15, -0.1) is 0 Å². The van der Waals surface area contributed by atoms with Crippen LogP contribution in [0.1, 0.15) is 24.2 Å². The van der Waals surface area contributed by atoms with E-state index in [2.05, 4.69) is 19.2 Å². The minimum Gasteiger partial charge on any atom is -0.497 e. The van der Waals surface area contributed by atoms with Crippen molar-refractivity contribution in [3.63, 3.8) is 0 Å². The van der Waals surface area contributed by atoms with Crippen molar-refractivity contribution in [2.45, 2.75) is 19.4 Å². The summed E-state index contributed by atoms with van der Waals surface area (Å²) in [6.07, 6.45) is 0. The Morgan fingerprint density at radius 1 is 1.33 bits per heavy atom. The summed E-state index contributed by atoms with van der Waals surface area (Å²) in [5.41, 5.74) is 0.570. The molecule has 0 radical (unpaired) electrons. The molecule has 0 aromatic heterocycles. The average molecular weight is 248 g/mol. The monoisotopic (exact) mass is 248 g/mol. The molecule has 2 rings (SSSR count). The van der Waals surface area contributed by atoms with Crippen LogP contribution >= 0.6 is 0 Å². The lowest BCUT2D eigenvalue weighted by molar-refractivity contribution is 0.0477. The van der Waals surface area contributed by atoms with Crippen LogP contribution in [0.15, 0.2) is 24.3 Å². The van der Waals surface area contributed by atoms with E-state index < -0.39 is 0 Å². The molecule has 0 spiro atoms. The molecular formula is C14H20N2O2. The van der Waals surface area contributed by atoms with Crippen LogP contribution in [0.4, 0.5) is 0 Å². The number of carbonyl (C=O) groups excluding carboxylic acids is 1. The largest absolute Gasteiger partial charge is 0.497 e. The summed E-state index contributed by atoms with van der Waals surface area (Å²) >= 11 is 0. The van der Waals surface area contributed by atoms with Gasteiger partial charge in [0.1, 0.15) is 5.75 Å². The lowest BCUT2D eigenvalue weighted by atomic mass is 9.98. The number of hydrogen-bond donors (Lipinski definition) is 1. The molecule has 4 heteroatoms. The van der Waals surface area contributed by atoms with Crippen molar-refractivity contribution in [3.05, 3.63) is 29.8 Å². The number of carbonyl (C=O) groups is 1. The van der Waals surface area contributed by atoms with Gasteiger partial charge in [0, 0.05) is 25.2 Å². The fourth-order valence-corrected chi connectivity index (χ4v) is 2.25. The van der Waals surface area contributed by atoms with Gasteiger partial charge in [-0.1, -0.05) is 0 Å². The van der Waals surface area contributed by atoms with Crippen molar-refractivity contribution >= 4 is 5.91 Å². The van der Waals surface area contributed by atoms with E-state index in [9.17, 15) is 4.79 Å². The van der Waals surface area contributed by atoms with Crippen molar-refractivity contribution in [1.82, 2.24) is 10.2 Å². The molecule has 1 aromatic rings. The highest BCUT2D eigenvalue weighted by molar-refractivity contribution is 5.95. The fraction of sp³-hybridized carbons (Fsp3) is 0.500. The Bertz CT molecular complexity index is 426. The van der Waals surface area contributed by atoms with Crippen LogP contribution in [-0.4, -0.2) is 43.1 Å². The van der Waals surface area contributed by atoms with Gasteiger partial charge in [0.2, 0.25) is 0 Å². The van der Waals surface area contributed by atoms with E-state index in [-0.39, 0.29) is 11.4 Å². The predicted molar refractivity (Wildman–Crippen MR) is 71.0 cm³/mol. The summed E-state index contributed by atoms with van der Waals surface area (Å²) in [7, 11) is 1.62.